The first-order valence-corrected chi connectivity index (χ1v) is 19.2. The summed E-state index contributed by atoms with van der Waals surface area (Å²) in [6.45, 7) is 19.5. The van der Waals surface area contributed by atoms with Gasteiger partial charge in [-0.15, -0.1) is 0 Å². The lowest BCUT2D eigenvalue weighted by Gasteiger charge is -2.62. The van der Waals surface area contributed by atoms with Crippen LogP contribution in [0.2, 0.25) is 39.3 Å². The molecule has 0 bridgehead atoms. The molecular weight excluding hydrogens is 388 g/mol. The largest absolute Gasteiger partial charge is 0.414 e. The maximum absolute atomic E-state index is 7.08. The minimum absolute atomic E-state index is 0.305. The third kappa shape index (κ3) is 4.01. The van der Waals surface area contributed by atoms with Crippen LogP contribution in [-0.4, -0.2) is 28.8 Å². The van der Waals surface area contributed by atoms with Crippen molar-refractivity contribution < 1.29 is 8.85 Å². The Bertz CT molecular complexity index is 648. The van der Waals surface area contributed by atoms with Gasteiger partial charge in [0.2, 0.25) is 0 Å². The topological polar surface area (TPSA) is 18.5 Å². The SMILES string of the molecule is CC12CC(O[Si](C)(C)C)C3C(CCC4CC=CCC43C)C1CCC2O[Si](C)(C)C. The maximum Gasteiger partial charge on any atom is 0.184 e. The summed E-state index contributed by atoms with van der Waals surface area (Å²) < 4.78 is 13.9. The Morgan fingerprint density at radius 2 is 1.48 bits per heavy atom. The second-order valence-electron chi connectivity index (χ2n) is 13.3. The molecule has 8 atom stereocenters. The summed E-state index contributed by atoms with van der Waals surface area (Å²) in [4.78, 5) is 0. The molecule has 4 rings (SSSR count). The van der Waals surface area contributed by atoms with E-state index in [0.717, 1.165) is 23.7 Å². The maximum atomic E-state index is 7.08. The summed E-state index contributed by atoms with van der Waals surface area (Å²) in [5, 5.41) is 0. The van der Waals surface area contributed by atoms with Crippen molar-refractivity contribution in [2.75, 3.05) is 0 Å². The zero-order valence-electron chi connectivity index (χ0n) is 20.4. The summed E-state index contributed by atoms with van der Waals surface area (Å²) in [7, 11) is -3.15. The van der Waals surface area contributed by atoms with Gasteiger partial charge in [-0.1, -0.05) is 26.0 Å². The highest BCUT2D eigenvalue weighted by Gasteiger charge is 2.63. The highest BCUT2D eigenvalue weighted by Crippen LogP contribution is 2.66. The van der Waals surface area contributed by atoms with Crippen LogP contribution in [-0.2, 0) is 8.85 Å². The average molecular weight is 435 g/mol. The van der Waals surface area contributed by atoms with Gasteiger partial charge in [-0.25, -0.2) is 0 Å². The van der Waals surface area contributed by atoms with Gasteiger partial charge in [0, 0.05) is 6.10 Å². The Hall–Kier alpha value is 0.0938. The fourth-order valence-corrected chi connectivity index (χ4v) is 10.4. The van der Waals surface area contributed by atoms with E-state index in [-0.39, 0.29) is 0 Å². The molecule has 0 heterocycles. The second kappa shape index (κ2) is 7.32. The molecule has 166 valence electrons. The third-order valence-corrected chi connectivity index (χ3v) is 11.0. The van der Waals surface area contributed by atoms with E-state index in [1.54, 1.807) is 0 Å². The van der Waals surface area contributed by atoms with Crippen molar-refractivity contribution in [2.24, 2.45) is 34.5 Å². The number of hydrogen-bond donors (Lipinski definition) is 0. The van der Waals surface area contributed by atoms with Crippen LogP contribution in [0, 0.1) is 34.5 Å². The van der Waals surface area contributed by atoms with Crippen LogP contribution < -0.4 is 0 Å². The fraction of sp³-hybridized carbons (Fsp3) is 0.920. The van der Waals surface area contributed by atoms with Gasteiger partial charge in [-0.2, -0.15) is 0 Å². The van der Waals surface area contributed by atoms with E-state index in [0.29, 0.717) is 23.0 Å². The van der Waals surface area contributed by atoms with E-state index in [1.165, 1.54) is 44.9 Å². The first-order valence-electron chi connectivity index (χ1n) is 12.3. The van der Waals surface area contributed by atoms with Crippen molar-refractivity contribution in [3.8, 4) is 0 Å². The van der Waals surface area contributed by atoms with Crippen molar-refractivity contribution in [1.29, 1.82) is 0 Å². The lowest BCUT2D eigenvalue weighted by molar-refractivity contribution is -0.159. The zero-order valence-corrected chi connectivity index (χ0v) is 22.4. The molecule has 4 aliphatic rings. The first kappa shape index (κ1) is 22.3. The molecule has 8 unspecified atom stereocenters. The van der Waals surface area contributed by atoms with Crippen molar-refractivity contribution in [1.82, 2.24) is 0 Å². The summed E-state index contributed by atoms with van der Waals surface area (Å²) in [6.07, 6.45) is 15.1. The minimum atomic E-state index is -1.61. The van der Waals surface area contributed by atoms with Crippen molar-refractivity contribution in [3.05, 3.63) is 12.2 Å². The molecule has 4 heteroatoms. The Morgan fingerprint density at radius 1 is 0.793 bits per heavy atom. The van der Waals surface area contributed by atoms with Gasteiger partial charge in [-0.05, 0) is 119 Å². The Balaban J connectivity index is 1.71. The van der Waals surface area contributed by atoms with Gasteiger partial charge in [0.15, 0.2) is 16.6 Å². The average Bonchev–Trinajstić information content (AvgIpc) is 2.87. The molecule has 0 aromatic rings. The fourth-order valence-electron chi connectivity index (χ4n) is 8.07. The number of allylic oxidation sites excluding steroid dienone is 2. The molecule has 29 heavy (non-hydrogen) atoms. The van der Waals surface area contributed by atoms with Gasteiger partial charge in [0.05, 0.1) is 6.10 Å². The van der Waals surface area contributed by atoms with Crippen LogP contribution in [0.5, 0.6) is 0 Å². The van der Waals surface area contributed by atoms with E-state index in [4.69, 9.17) is 8.85 Å². The van der Waals surface area contributed by atoms with Crippen LogP contribution in [0.1, 0.15) is 58.8 Å². The Kier molecular flexibility index (Phi) is 5.62. The van der Waals surface area contributed by atoms with E-state index in [2.05, 4.69) is 65.3 Å². The molecule has 2 nitrogen and oxygen atoms in total. The lowest BCUT2D eigenvalue weighted by atomic mass is 9.45. The van der Waals surface area contributed by atoms with Gasteiger partial charge < -0.3 is 8.85 Å². The minimum Gasteiger partial charge on any atom is -0.414 e. The van der Waals surface area contributed by atoms with Crippen LogP contribution in [0.25, 0.3) is 0 Å². The van der Waals surface area contributed by atoms with Crippen molar-refractivity contribution >= 4 is 16.6 Å². The zero-order chi connectivity index (χ0) is 21.2. The Labute approximate surface area is 182 Å². The van der Waals surface area contributed by atoms with E-state index < -0.39 is 16.6 Å². The normalized spacial score (nSPS) is 47.4. The Morgan fingerprint density at radius 3 is 2.14 bits per heavy atom. The lowest BCUT2D eigenvalue weighted by Crippen LogP contribution is -2.61. The van der Waals surface area contributed by atoms with Gasteiger partial charge in [0.1, 0.15) is 0 Å². The smallest absolute Gasteiger partial charge is 0.184 e. The quantitative estimate of drug-likeness (QED) is 0.343. The van der Waals surface area contributed by atoms with Gasteiger partial charge in [0.25, 0.3) is 0 Å². The summed E-state index contributed by atoms with van der Waals surface area (Å²) in [5.74, 6) is 3.26. The molecule has 0 spiro atoms. The van der Waals surface area contributed by atoms with Crippen LogP contribution in [0.3, 0.4) is 0 Å². The summed E-state index contributed by atoms with van der Waals surface area (Å²) in [5.41, 5.74) is 0.737. The predicted octanol–water partition coefficient (Wildman–Crippen LogP) is 7.25. The molecule has 0 aliphatic heterocycles. The molecule has 0 radical (unpaired) electrons. The van der Waals surface area contributed by atoms with Crippen molar-refractivity contribution in [2.45, 2.75) is 110 Å². The molecule has 4 aliphatic carbocycles. The molecule has 0 aromatic carbocycles. The van der Waals surface area contributed by atoms with Gasteiger partial charge >= 0.3 is 0 Å². The molecule has 3 saturated carbocycles. The van der Waals surface area contributed by atoms with Crippen LogP contribution >= 0.6 is 0 Å². The molecule has 0 aromatic heterocycles. The van der Waals surface area contributed by atoms with Crippen molar-refractivity contribution in [3.63, 3.8) is 0 Å². The first-order chi connectivity index (χ1) is 13.3. The summed E-state index contributed by atoms with van der Waals surface area (Å²) >= 11 is 0. The molecule has 0 saturated heterocycles. The van der Waals surface area contributed by atoms with Crippen LogP contribution in [0.4, 0.5) is 0 Å². The second-order valence-corrected chi connectivity index (χ2v) is 22.2. The third-order valence-electron chi connectivity index (χ3n) is 9.03. The standard InChI is InChI=1S/C25H46O2Si2/c1-24-16-10-9-11-18(24)12-13-19-20-14-15-22(27-29(6,7)8)25(20,2)17-21(23(19)24)26-28(3,4)5/h9-10,18-23H,11-17H2,1-8H3. The van der Waals surface area contributed by atoms with E-state index in [1.807, 2.05) is 0 Å². The monoisotopic (exact) mass is 434 g/mol. The van der Waals surface area contributed by atoms with E-state index in [9.17, 15) is 0 Å². The highest BCUT2D eigenvalue weighted by atomic mass is 28.4. The van der Waals surface area contributed by atoms with Gasteiger partial charge in [-0.3, -0.25) is 0 Å². The number of rotatable bonds is 4. The summed E-state index contributed by atoms with van der Waals surface area (Å²) in [6, 6.07) is 0. The van der Waals surface area contributed by atoms with Crippen LogP contribution in [0.15, 0.2) is 12.2 Å². The molecule has 3 fully saturated rings. The number of hydrogen-bond acceptors (Lipinski definition) is 2. The highest BCUT2D eigenvalue weighted by molar-refractivity contribution is 6.70. The van der Waals surface area contributed by atoms with E-state index >= 15 is 0 Å². The number of fused-ring (bicyclic) bond motifs is 5. The molecule has 0 amide bonds. The predicted molar refractivity (Wildman–Crippen MR) is 128 cm³/mol. The molecule has 0 N–H and O–H groups in total. The molecular formula is C25H46O2Si2.